The molecule has 0 aliphatic carbocycles. The van der Waals surface area contributed by atoms with E-state index in [4.69, 9.17) is 5.73 Å². The first-order valence-corrected chi connectivity index (χ1v) is 5.69. The molecule has 2 N–H and O–H groups in total. The molecule has 5 heteroatoms. The molecule has 0 aliphatic heterocycles. The Hall–Kier alpha value is -2.14. The van der Waals surface area contributed by atoms with E-state index in [2.05, 4.69) is 5.10 Å². The van der Waals surface area contributed by atoms with Gasteiger partial charge in [0.1, 0.15) is 5.69 Å². The fourth-order valence-electron chi connectivity index (χ4n) is 1.88. The SMILES string of the molecule is CN(C(=O)c1ccnn1C)c1ccccc1CN. The van der Waals surface area contributed by atoms with Crippen LogP contribution in [0.25, 0.3) is 0 Å². The number of amides is 1. The van der Waals surface area contributed by atoms with E-state index in [1.807, 2.05) is 24.3 Å². The lowest BCUT2D eigenvalue weighted by atomic mass is 10.1. The average molecular weight is 244 g/mol. The minimum Gasteiger partial charge on any atom is -0.326 e. The lowest BCUT2D eigenvalue weighted by Crippen LogP contribution is -2.29. The summed E-state index contributed by atoms with van der Waals surface area (Å²) < 4.78 is 1.56. The minimum absolute atomic E-state index is 0.101. The third-order valence-corrected chi connectivity index (χ3v) is 2.92. The van der Waals surface area contributed by atoms with Gasteiger partial charge in [-0.1, -0.05) is 18.2 Å². The Morgan fingerprint density at radius 3 is 2.72 bits per heavy atom. The van der Waals surface area contributed by atoms with E-state index < -0.39 is 0 Å². The van der Waals surface area contributed by atoms with E-state index in [-0.39, 0.29) is 5.91 Å². The summed E-state index contributed by atoms with van der Waals surface area (Å²) in [5, 5.41) is 4.00. The Morgan fingerprint density at radius 1 is 1.39 bits per heavy atom. The summed E-state index contributed by atoms with van der Waals surface area (Å²) in [5.74, 6) is -0.101. The van der Waals surface area contributed by atoms with Crippen LogP contribution in [0.2, 0.25) is 0 Å². The zero-order chi connectivity index (χ0) is 13.1. The van der Waals surface area contributed by atoms with Crippen molar-refractivity contribution in [2.75, 3.05) is 11.9 Å². The van der Waals surface area contributed by atoms with Gasteiger partial charge >= 0.3 is 0 Å². The van der Waals surface area contributed by atoms with Crippen LogP contribution in [-0.2, 0) is 13.6 Å². The van der Waals surface area contributed by atoms with E-state index >= 15 is 0 Å². The van der Waals surface area contributed by atoms with Gasteiger partial charge in [0.15, 0.2) is 0 Å². The molecule has 0 saturated carbocycles. The third kappa shape index (κ3) is 2.12. The quantitative estimate of drug-likeness (QED) is 0.881. The Bertz CT molecular complexity index is 562. The molecule has 0 fully saturated rings. The zero-order valence-corrected chi connectivity index (χ0v) is 10.5. The number of carbonyl (C=O) groups excluding carboxylic acids is 1. The fourth-order valence-corrected chi connectivity index (χ4v) is 1.88. The van der Waals surface area contributed by atoms with Crippen LogP contribution in [-0.4, -0.2) is 22.7 Å². The topological polar surface area (TPSA) is 64.2 Å². The first-order chi connectivity index (χ1) is 8.65. The van der Waals surface area contributed by atoms with Crippen molar-refractivity contribution in [2.24, 2.45) is 12.8 Å². The lowest BCUT2D eigenvalue weighted by molar-refractivity contribution is 0.0984. The number of para-hydroxylation sites is 1. The molecule has 2 rings (SSSR count). The van der Waals surface area contributed by atoms with Crippen molar-refractivity contribution in [2.45, 2.75) is 6.54 Å². The van der Waals surface area contributed by atoms with Crippen LogP contribution in [0.3, 0.4) is 0 Å². The Balaban J connectivity index is 2.34. The zero-order valence-electron chi connectivity index (χ0n) is 10.5. The van der Waals surface area contributed by atoms with Gasteiger partial charge < -0.3 is 10.6 Å². The maximum Gasteiger partial charge on any atom is 0.276 e. The molecule has 1 heterocycles. The van der Waals surface area contributed by atoms with Crippen LogP contribution in [0, 0.1) is 0 Å². The maximum atomic E-state index is 12.3. The molecule has 0 saturated heterocycles. The van der Waals surface area contributed by atoms with Crippen molar-refractivity contribution in [1.29, 1.82) is 0 Å². The summed E-state index contributed by atoms with van der Waals surface area (Å²) in [6.07, 6.45) is 1.61. The predicted molar refractivity (Wildman–Crippen MR) is 70.3 cm³/mol. The lowest BCUT2D eigenvalue weighted by Gasteiger charge is -2.20. The van der Waals surface area contributed by atoms with Crippen LogP contribution >= 0.6 is 0 Å². The van der Waals surface area contributed by atoms with E-state index in [0.29, 0.717) is 12.2 Å². The van der Waals surface area contributed by atoms with Gasteiger partial charge in [-0.15, -0.1) is 0 Å². The molecular weight excluding hydrogens is 228 g/mol. The number of carbonyl (C=O) groups is 1. The number of hydrogen-bond donors (Lipinski definition) is 1. The van der Waals surface area contributed by atoms with Gasteiger partial charge in [0.05, 0.1) is 0 Å². The largest absolute Gasteiger partial charge is 0.326 e. The summed E-state index contributed by atoms with van der Waals surface area (Å²) in [6.45, 7) is 0.402. The predicted octanol–water partition coefficient (Wildman–Crippen LogP) is 1.16. The Morgan fingerprint density at radius 2 is 2.11 bits per heavy atom. The van der Waals surface area contributed by atoms with Gasteiger partial charge in [0, 0.05) is 32.5 Å². The smallest absolute Gasteiger partial charge is 0.276 e. The number of aromatic nitrogens is 2. The molecule has 0 radical (unpaired) electrons. The third-order valence-electron chi connectivity index (χ3n) is 2.92. The van der Waals surface area contributed by atoms with Crippen molar-refractivity contribution in [1.82, 2.24) is 9.78 Å². The normalized spacial score (nSPS) is 10.4. The van der Waals surface area contributed by atoms with E-state index in [1.165, 1.54) is 0 Å². The molecule has 0 unspecified atom stereocenters. The van der Waals surface area contributed by atoms with Crippen molar-refractivity contribution in [3.63, 3.8) is 0 Å². The number of anilines is 1. The van der Waals surface area contributed by atoms with Crippen LogP contribution < -0.4 is 10.6 Å². The van der Waals surface area contributed by atoms with Crippen molar-refractivity contribution in [3.05, 3.63) is 47.8 Å². The van der Waals surface area contributed by atoms with E-state index in [1.54, 1.807) is 35.9 Å². The van der Waals surface area contributed by atoms with E-state index in [0.717, 1.165) is 11.3 Å². The van der Waals surface area contributed by atoms with Gasteiger partial charge in [-0.3, -0.25) is 9.48 Å². The van der Waals surface area contributed by atoms with Crippen molar-refractivity contribution >= 4 is 11.6 Å². The summed E-state index contributed by atoms with van der Waals surface area (Å²) in [6, 6.07) is 9.30. The highest BCUT2D eigenvalue weighted by Crippen LogP contribution is 2.20. The highest BCUT2D eigenvalue weighted by atomic mass is 16.2. The Kier molecular flexibility index (Phi) is 3.43. The van der Waals surface area contributed by atoms with Crippen LogP contribution in [0.5, 0.6) is 0 Å². The van der Waals surface area contributed by atoms with Gasteiger partial charge in [0.2, 0.25) is 0 Å². The molecule has 2 aromatic rings. The molecule has 0 aliphatic rings. The number of hydrogen-bond acceptors (Lipinski definition) is 3. The molecule has 1 amide bonds. The molecule has 5 nitrogen and oxygen atoms in total. The molecule has 18 heavy (non-hydrogen) atoms. The number of rotatable bonds is 3. The molecule has 1 aromatic carbocycles. The second kappa shape index (κ2) is 5.01. The second-order valence-electron chi connectivity index (χ2n) is 4.04. The first-order valence-electron chi connectivity index (χ1n) is 5.69. The van der Waals surface area contributed by atoms with Crippen LogP contribution in [0.1, 0.15) is 16.1 Å². The highest BCUT2D eigenvalue weighted by molar-refractivity contribution is 6.04. The summed E-state index contributed by atoms with van der Waals surface area (Å²) >= 11 is 0. The number of nitrogens with two attached hydrogens (primary N) is 1. The molecule has 94 valence electrons. The molecule has 0 atom stereocenters. The van der Waals surface area contributed by atoms with Crippen molar-refractivity contribution < 1.29 is 4.79 Å². The minimum atomic E-state index is -0.101. The average Bonchev–Trinajstić information content (AvgIpc) is 2.83. The standard InChI is InChI=1S/C13H16N4O/c1-16(11-6-4-3-5-10(11)9-14)13(18)12-7-8-15-17(12)2/h3-8H,9,14H2,1-2H3. The highest BCUT2D eigenvalue weighted by Gasteiger charge is 2.18. The van der Waals surface area contributed by atoms with Crippen LogP contribution in [0.15, 0.2) is 36.5 Å². The second-order valence-corrected chi connectivity index (χ2v) is 4.04. The van der Waals surface area contributed by atoms with Gasteiger partial charge in [-0.2, -0.15) is 5.10 Å². The summed E-state index contributed by atoms with van der Waals surface area (Å²) in [4.78, 5) is 13.9. The monoisotopic (exact) mass is 244 g/mol. The number of benzene rings is 1. The Labute approximate surface area is 106 Å². The summed E-state index contributed by atoms with van der Waals surface area (Å²) in [5.41, 5.74) is 7.99. The summed E-state index contributed by atoms with van der Waals surface area (Å²) in [7, 11) is 3.49. The molecule has 1 aromatic heterocycles. The van der Waals surface area contributed by atoms with E-state index in [9.17, 15) is 4.79 Å². The number of aryl methyl sites for hydroxylation is 1. The first kappa shape index (κ1) is 12.3. The maximum absolute atomic E-state index is 12.3. The molecule has 0 spiro atoms. The van der Waals surface area contributed by atoms with Crippen molar-refractivity contribution in [3.8, 4) is 0 Å². The molecule has 0 bridgehead atoms. The number of nitrogens with zero attached hydrogens (tertiary/aromatic N) is 3. The van der Waals surface area contributed by atoms with Gasteiger partial charge in [0.25, 0.3) is 5.91 Å². The van der Waals surface area contributed by atoms with Gasteiger partial charge in [-0.05, 0) is 17.7 Å². The fraction of sp³-hybridized carbons (Fsp3) is 0.231. The van der Waals surface area contributed by atoms with Gasteiger partial charge in [-0.25, -0.2) is 0 Å². The molecular formula is C13H16N4O. The van der Waals surface area contributed by atoms with Crippen LogP contribution in [0.4, 0.5) is 5.69 Å².